The maximum atomic E-state index is 14.2. The normalized spacial score (nSPS) is 12.7. The minimum absolute atomic E-state index is 0.106. The van der Waals surface area contributed by atoms with Gasteiger partial charge in [0.2, 0.25) is 0 Å². The van der Waals surface area contributed by atoms with Crippen molar-refractivity contribution >= 4 is 27.3 Å². The molecule has 0 aliphatic heterocycles. The van der Waals surface area contributed by atoms with Gasteiger partial charge in [-0.3, -0.25) is 0 Å². The average molecular weight is 342 g/mol. The quantitative estimate of drug-likeness (QED) is 0.828. The molecule has 1 nitrogen and oxygen atoms in total. The van der Waals surface area contributed by atoms with Gasteiger partial charge in [-0.15, -0.1) is 11.3 Å². The molecule has 19 heavy (non-hydrogen) atoms. The summed E-state index contributed by atoms with van der Waals surface area (Å²) in [6, 6.07) is 7.16. The lowest BCUT2D eigenvalue weighted by Crippen LogP contribution is -2.23. The van der Waals surface area contributed by atoms with E-state index in [4.69, 9.17) is 0 Å². The zero-order valence-electron chi connectivity index (χ0n) is 11.3. The van der Waals surface area contributed by atoms with E-state index in [1.807, 2.05) is 13.0 Å². The average Bonchev–Trinajstić information content (AvgIpc) is 2.67. The van der Waals surface area contributed by atoms with Crippen LogP contribution in [0, 0.1) is 19.7 Å². The third-order valence-electron chi connectivity index (χ3n) is 3.09. The van der Waals surface area contributed by atoms with Crippen LogP contribution in [-0.4, -0.2) is 6.54 Å². The van der Waals surface area contributed by atoms with Crippen LogP contribution in [0.25, 0.3) is 0 Å². The molecule has 1 atom stereocenters. The third-order valence-corrected chi connectivity index (χ3v) is 4.76. The van der Waals surface area contributed by atoms with Gasteiger partial charge in [-0.2, -0.15) is 0 Å². The van der Waals surface area contributed by atoms with Gasteiger partial charge in [0, 0.05) is 19.8 Å². The summed E-state index contributed by atoms with van der Waals surface area (Å²) in [4.78, 5) is 2.49. The summed E-state index contributed by atoms with van der Waals surface area (Å²) < 4.78 is 15.0. The van der Waals surface area contributed by atoms with Crippen molar-refractivity contribution in [1.29, 1.82) is 0 Å². The van der Waals surface area contributed by atoms with Crippen molar-refractivity contribution in [2.75, 3.05) is 6.54 Å². The molecule has 2 rings (SSSR count). The van der Waals surface area contributed by atoms with E-state index >= 15 is 0 Å². The Kier molecular flexibility index (Phi) is 4.76. The molecule has 1 aromatic carbocycles. The molecule has 0 radical (unpaired) electrons. The van der Waals surface area contributed by atoms with E-state index in [1.54, 1.807) is 17.4 Å². The first-order chi connectivity index (χ1) is 9.04. The van der Waals surface area contributed by atoms with Gasteiger partial charge in [0.1, 0.15) is 5.82 Å². The lowest BCUT2D eigenvalue weighted by atomic mass is 9.98. The zero-order valence-corrected chi connectivity index (χ0v) is 13.7. The fourth-order valence-corrected chi connectivity index (χ4v) is 3.83. The first-order valence-corrected chi connectivity index (χ1v) is 7.89. The van der Waals surface area contributed by atoms with Gasteiger partial charge >= 0.3 is 0 Å². The maximum absolute atomic E-state index is 14.2. The smallest absolute Gasteiger partial charge is 0.129 e. The van der Waals surface area contributed by atoms with Crippen molar-refractivity contribution in [3.8, 4) is 0 Å². The van der Waals surface area contributed by atoms with Gasteiger partial charge in [-0.25, -0.2) is 4.39 Å². The molecule has 0 bridgehead atoms. The standard InChI is InChI=1S/C15H17BrFNS/c1-4-18-15(11-8-9(2)19-10(11)3)14-12(16)6-5-7-13(14)17/h5-8,15,18H,4H2,1-3H3. The molecule has 0 saturated carbocycles. The van der Waals surface area contributed by atoms with Gasteiger partial charge in [0.05, 0.1) is 6.04 Å². The van der Waals surface area contributed by atoms with Gasteiger partial charge in [-0.05, 0) is 44.2 Å². The highest BCUT2D eigenvalue weighted by atomic mass is 79.9. The third kappa shape index (κ3) is 3.07. The molecule has 1 aromatic heterocycles. The fraction of sp³-hybridized carbons (Fsp3) is 0.333. The van der Waals surface area contributed by atoms with Gasteiger partial charge in [0.25, 0.3) is 0 Å². The molecule has 0 aliphatic carbocycles. The molecular weight excluding hydrogens is 325 g/mol. The first-order valence-electron chi connectivity index (χ1n) is 6.28. The molecule has 1 unspecified atom stereocenters. The van der Waals surface area contributed by atoms with E-state index in [1.165, 1.54) is 15.8 Å². The molecule has 0 fully saturated rings. The van der Waals surface area contributed by atoms with Crippen molar-refractivity contribution in [1.82, 2.24) is 5.32 Å². The number of halogens is 2. The van der Waals surface area contributed by atoms with E-state index in [2.05, 4.69) is 41.2 Å². The summed E-state index contributed by atoms with van der Waals surface area (Å²) >= 11 is 5.22. The van der Waals surface area contributed by atoms with Crippen LogP contribution < -0.4 is 5.32 Å². The van der Waals surface area contributed by atoms with Gasteiger partial charge in [-0.1, -0.05) is 28.9 Å². The molecule has 4 heteroatoms. The van der Waals surface area contributed by atoms with E-state index in [0.29, 0.717) is 5.56 Å². The van der Waals surface area contributed by atoms with Crippen LogP contribution in [0.15, 0.2) is 28.7 Å². The second-order valence-corrected chi connectivity index (χ2v) is 6.81. The van der Waals surface area contributed by atoms with Crippen molar-refractivity contribution in [3.63, 3.8) is 0 Å². The monoisotopic (exact) mass is 341 g/mol. The summed E-state index contributed by atoms with van der Waals surface area (Å²) in [6.45, 7) is 7.00. The highest BCUT2D eigenvalue weighted by Gasteiger charge is 2.22. The van der Waals surface area contributed by atoms with Gasteiger partial charge < -0.3 is 5.32 Å². The maximum Gasteiger partial charge on any atom is 0.129 e. The van der Waals surface area contributed by atoms with Crippen LogP contribution in [0.4, 0.5) is 4.39 Å². The lowest BCUT2D eigenvalue weighted by Gasteiger charge is -2.20. The zero-order chi connectivity index (χ0) is 14.0. The number of benzene rings is 1. The van der Waals surface area contributed by atoms with E-state index < -0.39 is 0 Å². The number of rotatable bonds is 4. The summed E-state index contributed by atoms with van der Waals surface area (Å²) in [5.41, 5.74) is 1.85. The molecule has 1 heterocycles. The van der Waals surface area contributed by atoms with Crippen LogP contribution in [0.2, 0.25) is 0 Å². The molecular formula is C15H17BrFNS. The second-order valence-electron chi connectivity index (χ2n) is 4.49. The Balaban J connectivity index is 2.54. The van der Waals surface area contributed by atoms with Crippen LogP contribution in [0.1, 0.15) is 33.8 Å². The Morgan fingerprint density at radius 1 is 1.37 bits per heavy atom. The Morgan fingerprint density at radius 2 is 2.11 bits per heavy atom. The second kappa shape index (κ2) is 6.16. The fourth-order valence-electron chi connectivity index (χ4n) is 2.30. The first kappa shape index (κ1) is 14.7. The largest absolute Gasteiger partial charge is 0.306 e. The number of nitrogens with one attached hydrogen (secondary N) is 1. The summed E-state index contributed by atoms with van der Waals surface area (Å²) in [7, 11) is 0. The summed E-state index contributed by atoms with van der Waals surface area (Å²) in [5, 5.41) is 3.39. The van der Waals surface area contributed by atoms with Crippen LogP contribution in [0.3, 0.4) is 0 Å². The molecule has 1 N–H and O–H groups in total. The van der Waals surface area contributed by atoms with E-state index in [-0.39, 0.29) is 11.9 Å². The van der Waals surface area contributed by atoms with Crippen LogP contribution in [0.5, 0.6) is 0 Å². The molecule has 0 spiro atoms. The van der Waals surface area contributed by atoms with Crippen LogP contribution >= 0.6 is 27.3 Å². The summed E-state index contributed by atoms with van der Waals surface area (Å²) in [5.74, 6) is -0.177. The minimum Gasteiger partial charge on any atom is -0.306 e. The number of aryl methyl sites for hydroxylation is 2. The Labute approximate surface area is 126 Å². The number of hydrogen-bond donors (Lipinski definition) is 1. The Hall–Kier alpha value is -0.710. The molecule has 0 aliphatic rings. The van der Waals surface area contributed by atoms with E-state index in [9.17, 15) is 4.39 Å². The Bertz CT molecular complexity index is 559. The minimum atomic E-state index is -0.177. The van der Waals surface area contributed by atoms with Crippen LogP contribution in [-0.2, 0) is 0 Å². The highest BCUT2D eigenvalue weighted by Crippen LogP contribution is 2.35. The van der Waals surface area contributed by atoms with Crippen molar-refractivity contribution in [2.24, 2.45) is 0 Å². The molecule has 2 aromatic rings. The molecule has 0 saturated heterocycles. The lowest BCUT2D eigenvalue weighted by molar-refractivity contribution is 0.556. The predicted molar refractivity (Wildman–Crippen MR) is 83.4 cm³/mol. The molecule has 102 valence electrons. The summed E-state index contributed by atoms with van der Waals surface area (Å²) in [6.07, 6.45) is 0. The van der Waals surface area contributed by atoms with Crippen molar-refractivity contribution in [2.45, 2.75) is 26.8 Å². The predicted octanol–water partition coefficient (Wildman–Crippen LogP) is 4.97. The number of hydrogen-bond acceptors (Lipinski definition) is 2. The number of thiophene rings is 1. The van der Waals surface area contributed by atoms with Crippen molar-refractivity contribution < 1.29 is 4.39 Å². The van der Waals surface area contributed by atoms with E-state index in [0.717, 1.165) is 16.6 Å². The SMILES string of the molecule is CCNC(c1cc(C)sc1C)c1c(F)cccc1Br. The van der Waals surface area contributed by atoms with Crippen molar-refractivity contribution in [3.05, 3.63) is 55.4 Å². The highest BCUT2D eigenvalue weighted by molar-refractivity contribution is 9.10. The Morgan fingerprint density at radius 3 is 2.63 bits per heavy atom. The molecule has 0 amide bonds. The van der Waals surface area contributed by atoms with Gasteiger partial charge in [0.15, 0.2) is 0 Å². The topological polar surface area (TPSA) is 12.0 Å².